The van der Waals surface area contributed by atoms with E-state index in [9.17, 15) is 9.18 Å². The minimum atomic E-state index is -0.316. The smallest absolute Gasteiger partial charge is 0.271 e. The standard InChI is InChI=1S/C27H20Cl2FN5OS2/c28-21-11-10-20(13-22(21)29)35-24(12-17-4-2-1-3-5-17)33-34-27(35)38-16-25-32-23(15-37-25)26(36)31-14-18-6-8-19(30)9-7-18/h1-11,13,15H,12,14,16H2,(H,31,36). The summed E-state index contributed by atoms with van der Waals surface area (Å²) in [5, 5.41) is 15.8. The molecule has 2 heterocycles. The fourth-order valence-corrected chi connectivity index (χ4v) is 5.71. The number of nitrogens with zero attached hydrogens (tertiary/aromatic N) is 4. The van der Waals surface area contributed by atoms with Gasteiger partial charge in [0.25, 0.3) is 5.91 Å². The largest absolute Gasteiger partial charge is 0.347 e. The average Bonchev–Trinajstić information content (AvgIpc) is 3.56. The molecule has 0 atom stereocenters. The van der Waals surface area contributed by atoms with E-state index in [1.54, 1.807) is 29.6 Å². The lowest BCUT2D eigenvalue weighted by molar-refractivity contribution is 0.0946. The zero-order valence-electron chi connectivity index (χ0n) is 19.8. The van der Waals surface area contributed by atoms with Gasteiger partial charge in [-0.05, 0) is 41.5 Å². The van der Waals surface area contributed by atoms with Crippen molar-refractivity contribution in [3.05, 3.63) is 122 Å². The zero-order valence-corrected chi connectivity index (χ0v) is 22.9. The maximum Gasteiger partial charge on any atom is 0.271 e. The van der Waals surface area contributed by atoms with Crippen LogP contribution in [0.1, 0.15) is 32.4 Å². The molecule has 5 aromatic rings. The Morgan fingerprint density at radius 2 is 1.76 bits per heavy atom. The third-order valence-corrected chi connectivity index (χ3v) is 8.25. The van der Waals surface area contributed by atoms with Gasteiger partial charge in [0, 0.05) is 18.3 Å². The van der Waals surface area contributed by atoms with Crippen LogP contribution in [0.4, 0.5) is 4.39 Å². The van der Waals surface area contributed by atoms with Gasteiger partial charge in [-0.15, -0.1) is 21.5 Å². The summed E-state index contributed by atoms with van der Waals surface area (Å²) < 4.78 is 15.0. The van der Waals surface area contributed by atoms with Crippen LogP contribution in [0.3, 0.4) is 0 Å². The molecule has 11 heteroatoms. The number of rotatable bonds is 9. The van der Waals surface area contributed by atoms with Crippen LogP contribution >= 0.6 is 46.3 Å². The molecule has 1 amide bonds. The van der Waals surface area contributed by atoms with Crippen molar-refractivity contribution in [2.24, 2.45) is 0 Å². The summed E-state index contributed by atoms with van der Waals surface area (Å²) in [4.78, 5) is 17.0. The van der Waals surface area contributed by atoms with Crippen LogP contribution in [-0.4, -0.2) is 25.7 Å². The van der Waals surface area contributed by atoms with Gasteiger partial charge in [0.1, 0.15) is 22.3 Å². The lowest BCUT2D eigenvalue weighted by atomic mass is 10.1. The molecule has 0 saturated carbocycles. The zero-order chi connectivity index (χ0) is 26.5. The van der Waals surface area contributed by atoms with Gasteiger partial charge in [-0.3, -0.25) is 9.36 Å². The van der Waals surface area contributed by atoms with Crippen molar-refractivity contribution < 1.29 is 9.18 Å². The average molecular weight is 585 g/mol. The van der Waals surface area contributed by atoms with E-state index in [1.165, 1.54) is 35.2 Å². The highest BCUT2D eigenvalue weighted by atomic mass is 35.5. The van der Waals surface area contributed by atoms with Crippen LogP contribution in [0.5, 0.6) is 0 Å². The van der Waals surface area contributed by atoms with Crippen molar-refractivity contribution in [1.29, 1.82) is 0 Å². The molecule has 0 spiro atoms. The predicted octanol–water partition coefficient (Wildman–Crippen LogP) is 6.98. The number of carbonyl (C=O) groups is 1. The molecule has 0 aliphatic heterocycles. The normalized spacial score (nSPS) is 11.0. The van der Waals surface area contributed by atoms with Crippen molar-refractivity contribution in [2.45, 2.75) is 23.9 Å². The second kappa shape index (κ2) is 12.1. The van der Waals surface area contributed by atoms with Gasteiger partial charge in [0.05, 0.1) is 21.5 Å². The lowest BCUT2D eigenvalue weighted by Crippen LogP contribution is -2.23. The van der Waals surface area contributed by atoms with Crippen LogP contribution in [0.15, 0.2) is 83.3 Å². The second-order valence-corrected chi connectivity index (χ2v) is 10.9. The predicted molar refractivity (Wildman–Crippen MR) is 150 cm³/mol. The van der Waals surface area contributed by atoms with Gasteiger partial charge in [-0.2, -0.15) is 0 Å². The van der Waals surface area contributed by atoms with E-state index in [0.29, 0.717) is 33.1 Å². The molecule has 3 aromatic carbocycles. The highest BCUT2D eigenvalue weighted by Crippen LogP contribution is 2.30. The summed E-state index contributed by atoms with van der Waals surface area (Å²) in [5.41, 5.74) is 3.05. The van der Waals surface area contributed by atoms with Gasteiger partial charge in [0.2, 0.25) is 0 Å². The molecule has 5 rings (SSSR count). The molecule has 192 valence electrons. The van der Waals surface area contributed by atoms with Gasteiger partial charge in [0.15, 0.2) is 5.16 Å². The first-order valence-corrected chi connectivity index (χ1v) is 14.1. The quantitative estimate of drug-likeness (QED) is 0.189. The van der Waals surface area contributed by atoms with E-state index in [1.807, 2.05) is 41.0 Å². The number of halogens is 3. The maximum absolute atomic E-state index is 13.1. The molecule has 0 aliphatic rings. The van der Waals surface area contributed by atoms with Crippen molar-refractivity contribution in [3.63, 3.8) is 0 Å². The maximum atomic E-state index is 13.1. The summed E-state index contributed by atoms with van der Waals surface area (Å²) >= 11 is 15.3. The first-order valence-electron chi connectivity index (χ1n) is 11.5. The molecule has 6 nitrogen and oxygen atoms in total. The summed E-state index contributed by atoms with van der Waals surface area (Å²) in [5.74, 6) is 0.660. The Morgan fingerprint density at radius 1 is 0.974 bits per heavy atom. The SMILES string of the molecule is O=C(NCc1ccc(F)cc1)c1csc(CSc2nnc(Cc3ccccc3)n2-c2ccc(Cl)c(Cl)c2)n1. The monoisotopic (exact) mass is 583 g/mol. The number of amides is 1. The lowest BCUT2D eigenvalue weighted by Gasteiger charge is -2.11. The molecule has 0 aliphatic carbocycles. The topological polar surface area (TPSA) is 72.7 Å². The molecule has 0 saturated heterocycles. The van der Waals surface area contributed by atoms with Gasteiger partial charge in [-0.25, -0.2) is 9.37 Å². The number of nitrogens with one attached hydrogen (secondary N) is 1. The van der Waals surface area contributed by atoms with E-state index in [4.69, 9.17) is 23.2 Å². The first kappa shape index (κ1) is 26.4. The Kier molecular flexibility index (Phi) is 8.38. The van der Waals surface area contributed by atoms with Crippen LogP contribution in [0.25, 0.3) is 5.69 Å². The van der Waals surface area contributed by atoms with E-state index >= 15 is 0 Å². The van der Waals surface area contributed by atoms with Crippen molar-refractivity contribution >= 4 is 52.2 Å². The number of benzene rings is 3. The van der Waals surface area contributed by atoms with Crippen LogP contribution < -0.4 is 5.32 Å². The molecule has 0 unspecified atom stereocenters. The third-order valence-electron chi connectivity index (χ3n) is 5.54. The number of hydrogen-bond donors (Lipinski definition) is 1. The van der Waals surface area contributed by atoms with E-state index in [2.05, 4.69) is 20.5 Å². The minimum Gasteiger partial charge on any atom is -0.347 e. The van der Waals surface area contributed by atoms with Gasteiger partial charge in [-0.1, -0.05) is 77.4 Å². The minimum absolute atomic E-state index is 0.286. The number of carbonyl (C=O) groups excluding carboxylic acids is 1. The summed E-state index contributed by atoms with van der Waals surface area (Å²) in [6.45, 7) is 0.289. The molecular formula is C27H20Cl2FN5OS2. The Balaban J connectivity index is 1.30. The van der Waals surface area contributed by atoms with E-state index in [-0.39, 0.29) is 18.3 Å². The van der Waals surface area contributed by atoms with E-state index < -0.39 is 0 Å². The van der Waals surface area contributed by atoms with Gasteiger partial charge >= 0.3 is 0 Å². The van der Waals surface area contributed by atoms with Crippen LogP contribution in [-0.2, 0) is 18.7 Å². The third kappa shape index (κ3) is 6.42. The fourth-order valence-electron chi connectivity index (χ4n) is 3.65. The first-order chi connectivity index (χ1) is 18.5. The number of aromatic nitrogens is 4. The molecule has 2 aromatic heterocycles. The van der Waals surface area contributed by atoms with Gasteiger partial charge < -0.3 is 5.32 Å². The van der Waals surface area contributed by atoms with Crippen molar-refractivity contribution in [3.8, 4) is 5.69 Å². The molecule has 0 fully saturated rings. The molecule has 0 radical (unpaired) electrons. The van der Waals surface area contributed by atoms with Crippen molar-refractivity contribution in [1.82, 2.24) is 25.1 Å². The van der Waals surface area contributed by atoms with Crippen molar-refractivity contribution in [2.75, 3.05) is 0 Å². The number of thioether (sulfide) groups is 1. The Morgan fingerprint density at radius 3 is 2.53 bits per heavy atom. The summed E-state index contributed by atoms with van der Waals surface area (Å²) in [6.07, 6.45) is 0.588. The molecule has 1 N–H and O–H groups in total. The highest BCUT2D eigenvalue weighted by Gasteiger charge is 2.18. The Hall–Kier alpha value is -3.24. The van der Waals surface area contributed by atoms with Crippen LogP contribution in [0, 0.1) is 5.82 Å². The Bertz CT molecular complexity index is 1560. The summed E-state index contributed by atoms with van der Waals surface area (Å²) in [7, 11) is 0. The molecule has 38 heavy (non-hydrogen) atoms. The highest BCUT2D eigenvalue weighted by molar-refractivity contribution is 7.98. The molecular weight excluding hydrogens is 564 g/mol. The number of thiazole rings is 1. The second-order valence-electron chi connectivity index (χ2n) is 8.22. The fraction of sp³-hybridized carbons (Fsp3) is 0.111. The molecule has 0 bridgehead atoms. The van der Waals surface area contributed by atoms with Crippen LogP contribution in [0.2, 0.25) is 10.0 Å². The Labute approximate surface area is 236 Å². The summed E-state index contributed by atoms with van der Waals surface area (Å²) in [6, 6.07) is 21.4. The number of hydrogen-bond acceptors (Lipinski definition) is 6. The van der Waals surface area contributed by atoms with E-state index in [0.717, 1.165) is 27.6 Å².